The summed E-state index contributed by atoms with van der Waals surface area (Å²) in [5.41, 5.74) is 2.02. The first-order valence-electron chi connectivity index (χ1n) is 9.92. The average molecular weight is 415 g/mol. The number of hydrogen-bond donors (Lipinski definition) is 3. The van der Waals surface area contributed by atoms with Crippen molar-refractivity contribution in [3.63, 3.8) is 0 Å². The van der Waals surface area contributed by atoms with E-state index in [9.17, 15) is 14.4 Å². The van der Waals surface area contributed by atoms with Crippen LogP contribution >= 0.6 is 0 Å². The van der Waals surface area contributed by atoms with Crippen molar-refractivity contribution in [2.75, 3.05) is 10.6 Å². The van der Waals surface area contributed by atoms with Crippen molar-refractivity contribution in [3.05, 3.63) is 95.6 Å². The lowest BCUT2D eigenvalue weighted by atomic mass is 10.1. The zero-order chi connectivity index (χ0) is 22.4. The van der Waals surface area contributed by atoms with Crippen molar-refractivity contribution in [1.82, 2.24) is 5.32 Å². The molecule has 0 aliphatic rings. The Morgan fingerprint density at radius 2 is 0.935 bits per heavy atom. The highest BCUT2D eigenvalue weighted by molar-refractivity contribution is 6.10. The van der Waals surface area contributed by atoms with Crippen LogP contribution in [0.25, 0.3) is 0 Å². The smallest absolute Gasteiger partial charge is 0.255 e. The average Bonchev–Trinajstić information content (AvgIpc) is 2.74. The molecule has 0 saturated carbocycles. The first kappa shape index (κ1) is 21.8. The van der Waals surface area contributed by atoms with Crippen LogP contribution in [0.15, 0.2) is 78.9 Å². The van der Waals surface area contributed by atoms with Crippen LogP contribution in [0.4, 0.5) is 11.4 Å². The Bertz CT molecular complexity index is 1090. The normalized spacial score (nSPS) is 10.8. The van der Waals surface area contributed by atoms with Crippen molar-refractivity contribution in [3.8, 4) is 0 Å². The molecule has 0 unspecified atom stereocenters. The van der Waals surface area contributed by atoms with Gasteiger partial charge in [0, 0.05) is 22.2 Å². The number of hydrogen-bond acceptors (Lipinski definition) is 3. The van der Waals surface area contributed by atoms with Gasteiger partial charge in [0.05, 0.1) is 11.4 Å². The third-order valence-corrected chi connectivity index (χ3v) is 4.36. The molecule has 0 aliphatic heterocycles. The van der Waals surface area contributed by atoms with E-state index in [1.54, 1.807) is 72.8 Å². The fourth-order valence-electron chi connectivity index (χ4n) is 2.87. The van der Waals surface area contributed by atoms with Crippen LogP contribution in [0, 0.1) is 0 Å². The first-order chi connectivity index (χ1) is 14.7. The van der Waals surface area contributed by atoms with Gasteiger partial charge in [-0.15, -0.1) is 0 Å². The van der Waals surface area contributed by atoms with E-state index in [0.29, 0.717) is 28.1 Å². The van der Waals surface area contributed by atoms with E-state index in [-0.39, 0.29) is 23.3 Å². The number of carbonyl (C=O) groups is 3. The topological polar surface area (TPSA) is 87.3 Å². The maximum Gasteiger partial charge on any atom is 0.255 e. The number of benzene rings is 3. The van der Waals surface area contributed by atoms with Gasteiger partial charge < -0.3 is 16.0 Å². The number of amides is 3. The SMILES string of the molecule is CC(C)(C)NC(=O)c1ccc(C(=O)Nc2ccccc2NC(=O)c2ccccc2)cc1. The Hall–Kier alpha value is -3.93. The maximum absolute atomic E-state index is 12.7. The largest absolute Gasteiger partial charge is 0.347 e. The standard InChI is InChI=1S/C25H25N3O3/c1-25(2,3)28-24(31)19-15-13-18(14-16-19)23(30)27-21-12-8-7-11-20(21)26-22(29)17-9-5-4-6-10-17/h4-16H,1-3H3,(H,26,29)(H,27,30)(H,28,31). The molecule has 3 rings (SSSR count). The summed E-state index contributed by atoms with van der Waals surface area (Å²) in [6.45, 7) is 5.71. The fraction of sp³-hybridized carbons (Fsp3) is 0.160. The Kier molecular flexibility index (Phi) is 6.50. The van der Waals surface area contributed by atoms with Crippen molar-refractivity contribution >= 4 is 29.1 Å². The van der Waals surface area contributed by atoms with Crippen molar-refractivity contribution in [2.45, 2.75) is 26.3 Å². The van der Waals surface area contributed by atoms with Crippen LogP contribution in [0.5, 0.6) is 0 Å². The molecule has 0 atom stereocenters. The monoisotopic (exact) mass is 415 g/mol. The molecule has 0 radical (unpaired) electrons. The van der Waals surface area contributed by atoms with Gasteiger partial charge in [-0.05, 0) is 69.3 Å². The molecule has 31 heavy (non-hydrogen) atoms. The Morgan fingerprint density at radius 1 is 0.548 bits per heavy atom. The fourth-order valence-corrected chi connectivity index (χ4v) is 2.87. The zero-order valence-electron chi connectivity index (χ0n) is 17.7. The highest BCUT2D eigenvalue weighted by Gasteiger charge is 2.16. The zero-order valence-corrected chi connectivity index (χ0v) is 17.7. The number of nitrogens with one attached hydrogen (secondary N) is 3. The van der Waals surface area contributed by atoms with Crippen molar-refractivity contribution in [2.24, 2.45) is 0 Å². The predicted octanol–water partition coefficient (Wildman–Crippen LogP) is 4.72. The molecule has 6 heteroatoms. The lowest BCUT2D eigenvalue weighted by Crippen LogP contribution is -2.40. The van der Waals surface area contributed by atoms with Gasteiger partial charge >= 0.3 is 0 Å². The summed E-state index contributed by atoms with van der Waals surface area (Å²) in [7, 11) is 0. The summed E-state index contributed by atoms with van der Waals surface area (Å²) >= 11 is 0. The van der Waals surface area contributed by atoms with E-state index >= 15 is 0 Å². The minimum atomic E-state index is -0.346. The molecule has 6 nitrogen and oxygen atoms in total. The van der Waals surface area contributed by atoms with E-state index in [4.69, 9.17) is 0 Å². The molecule has 0 aliphatic carbocycles. The minimum Gasteiger partial charge on any atom is -0.347 e. The van der Waals surface area contributed by atoms with Crippen LogP contribution in [-0.2, 0) is 0 Å². The number of anilines is 2. The van der Waals surface area contributed by atoms with Gasteiger partial charge in [0.25, 0.3) is 17.7 Å². The van der Waals surface area contributed by atoms with Gasteiger partial charge in [0.2, 0.25) is 0 Å². The molecule has 0 saturated heterocycles. The molecule has 3 N–H and O–H groups in total. The van der Waals surface area contributed by atoms with Crippen LogP contribution < -0.4 is 16.0 Å². The summed E-state index contributed by atoms with van der Waals surface area (Å²) < 4.78 is 0. The molecule has 0 heterocycles. The second-order valence-electron chi connectivity index (χ2n) is 8.10. The van der Waals surface area contributed by atoms with Gasteiger partial charge in [0.15, 0.2) is 0 Å². The molecule has 3 amide bonds. The van der Waals surface area contributed by atoms with Crippen LogP contribution in [0.3, 0.4) is 0 Å². The summed E-state index contributed by atoms with van der Waals surface area (Å²) in [6, 6.07) is 22.2. The first-order valence-corrected chi connectivity index (χ1v) is 9.92. The highest BCUT2D eigenvalue weighted by Crippen LogP contribution is 2.22. The van der Waals surface area contributed by atoms with Crippen LogP contribution in [-0.4, -0.2) is 23.3 Å². The predicted molar refractivity (Wildman–Crippen MR) is 122 cm³/mol. The molecule has 3 aromatic rings. The molecule has 0 fully saturated rings. The lowest BCUT2D eigenvalue weighted by Gasteiger charge is -2.20. The van der Waals surface area contributed by atoms with Crippen LogP contribution in [0.1, 0.15) is 51.8 Å². The Labute approximate surface area is 181 Å². The minimum absolute atomic E-state index is 0.201. The second-order valence-corrected chi connectivity index (χ2v) is 8.10. The molecule has 3 aromatic carbocycles. The Morgan fingerprint density at radius 3 is 1.39 bits per heavy atom. The summed E-state index contributed by atoms with van der Waals surface area (Å²) in [5, 5.41) is 8.52. The van der Waals surface area contributed by atoms with Crippen molar-refractivity contribution < 1.29 is 14.4 Å². The van der Waals surface area contributed by atoms with Gasteiger partial charge in [-0.3, -0.25) is 14.4 Å². The number of carbonyl (C=O) groups excluding carboxylic acids is 3. The summed E-state index contributed by atoms with van der Waals surface area (Å²) in [6.07, 6.45) is 0. The van der Waals surface area contributed by atoms with Crippen molar-refractivity contribution in [1.29, 1.82) is 0 Å². The number of rotatable bonds is 5. The van der Waals surface area contributed by atoms with E-state index < -0.39 is 0 Å². The molecule has 0 spiro atoms. The molecular formula is C25H25N3O3. The van der Waals surface area contributed by atoms with Gasteiger partial charge in [-0.2, -0.15) is 0 Å². The lowest BCUT2D eigenvalue weighted by molar-refractivity contribution is 0.0917. The third kappa shape index (κ3) is 6.02. The quantitative estimate of drug-likeness (QED) is 0.563. The van der Waals surface area contributed by atoms with E-state index in [1.165, 1.54) is 0 Å². The van der Waals surface area contributed by atoms with Gasteiger partial charge in [0.1, 0.15) is 0 Å². The van der Waals surface area contributed by atoms with E-state index in [2.05, 4.69) is 16.0 Å². The maximum atomic E-state index is 12.7. The molecule has 0 aromatic heterocycles. The molecule has 158 valence electrons. The highest BCUT2D eigenvalue weighted by atomic mass is 16.2. The third-order valence-electron chi connectivity index (χ3n) is 4.36. The van der Waals surface area contributed by atoms with Gasteiger partial charge in [-0.25, -0.2) is 0 Å². The number of para-hydroxylation sites is 2. The molecular weight excluding hydrogens is 390 g/mol. The Balaban J connectivity index is 1.71. The summed E-state index contributed by atoms with van der Waals surface area (Å²) in [5.74, 6) is -0.811. The van der Waals surface area contributed by atoms with Crippen LogP contribution in [0.2, 0.25) is 0 Å². The summed E-state index contributed by atoms with van der Waals surface area (Å²) in [4.78, 5) is 37.4. The second kappa shape index (κ2) is 9.26. The van der Waals surface area contributed by atoms with Gasteiger partial charge in [-0.1, -0.05) is 30.3 Å². The van der Waals surface area contributed by atoms with E-state index in [0.717, 1.165) is 0 Å². The molecule has 0 bridgehead atoms. The van der Waals surface area contributed by atoms with E-state index in [1.807, 2.05) is 26.8 Å².